The van der Waals surface area contributed by atoms with Crippen molar-refractivity contribution in [2.45, 2.75) is 38.8 Å². The summed E-state index contributed by atoms with van der Waals surface area (Å²) in [5.74, 6) is -0.391. The average molecular weight is 314 g/mol. The van der Waals surface area contributed by atoms with Gasteiger partial charge < -0.3 is 15.1 Å². The van der Waals surface area contributed by atoms with Crippen LogP contribution in [0.4, 0.5) is 0 Å². The van der Waals surface area contributed by atoms with Crippen molar-refractivity contribution in [2.75, 3.05) is 0 Å². The Morgan fingerprint density at radius 3 is 2.43 bits per heavy atom. The van der Waals surface area contributed by atoms with E-state index in [0.717, 1.165) is 12.0 Å². The first-order valence-corrected chi connectivity index (χ1v) is 7.78. The smallest absolute Gasteiger partial charge is 0.287 e. The van der Waals surface area contributed by atoms with Gasteiger partial charge in [-0.3, -0.25) is 9.59 Å². The second-order valence-corrected chi connectivity index (χ2v) is 5.51. The third kappa shape index (κ3) is 4.98. The lowest BCUT2D eigenvalue weighted by Gasteiger charge is -2.20. The third-order valence-electron chi connectivity index (χ3n) is 3.65. The maximum absolute atomic E-state index is 12.5. The Morgan fingerprint density at radius 2 is 1.83 bits per heavy atom. The summed E-state index contributed by atoms with van der Waals surface area (Å²) < 4.78 is 5.08. The normalized spacial score (nSPS) is 13.1. The van der Waals surface area contributed by atoms with Crippen LogP contribution in [-0.4, -0.2) is 23.9 Å². The molecular formula is C18H22N2O3. The van der Waals surface area contributed by atoms with Crippen LogP contribution in [-0.2, 0) is 11.2 Å². The van der Waals surface area contributed by atoms with Crippen molar-refractivity contribution in [3.05, 3.63) is 60.1 Å². The van der Waals surface area contributed by atoms with Crippen molar-refractivity contribution in [3.63, 3.8) is 0 Å². The zero-order valence-electron chi connectivity index (χ0n) is 13.4. The number of hydrogen-bond acceptors (Lipinski definition) is 3. The number of carbonyl (C=O) groups is 2. The SMILES string of the molecule is CCC(C)NC(=O)C(Cc1ccccc1)NC(=O)c1ccco1. The molecule has 1 aromatic carbocycles. The van der Waals surface area contributed by atoms with Crippen molar-refractivity contribution >= 4 is 11.8 Å². The molecule has 23 heavy (non-hydrogen) atoms. The van der Waals surface area contributed by atoms with E-state index < -0.39 is 11.9 Å². The van der Waals surface area contributed by atoms with Crippen LogP contribution in [0.25, 0.3) is 0 Å². The first-order valence-electron chi connectivity index (χ1n) is 7.78. The van der Waals surface area contributed by atoms with Gasteiger partial charge in [-0.25, -0.2) is 0 Å². The molecule has 2 rings (SSSR count). The summed E-state index contributed by atoms with van der Waals surface area (Å²) in [6, 6.07) is 12.2. The Balaban J connectivity index is 2.10. The maximum Gasteiger partial charge on any atom is 0.287 e. The minimum Gasteiger partial charge on any atom is -0.459 e. The van der Waals surface area contributed by atoms with Crippen LogP contribution in [0.2, 0.25) is 0 Å². The van der Waals surface area contributed by atoms with E-state index in [4.69, 9.17) is 4.42 Å². The van der Waals surface area contributed by atoms with Crippen molar-refractivity contribution < 1.29 is 14.0 Å². The highest BCUT2D eigenvalue weighted by atomic mass is 16.3. The Kier molecular flexibility index (Phi) is 5.97. The molecule has 0 saturated heterocycles. The summed E-state index contributed by atoms with van der Waals surface area (Å²) >= 11 is 0. The van der Waals surface area contributed by atoms with Gasteiger partial charge in [0.25, 0.3) is 5.91 Å². The van der Waals surface area contributed by atoms with E-state index in [1.165, 1.54) is 6.26 Å². The van der Waals surface area contributed by atoms with Gasteiger partial charge in [0.1, 0.15) is 6.04 Å². The van der Waals surface area contributed by atoms with E-state index in [0.29, 0.717) is 6.42 Å². The zero-order chi connectivity index (χ0) is 16.7. The first kappa shape index (κ1) is 16.8. The molecule has 2 atom stereocenters. The van der Waals surface area contributed by atoms with E-state index in [1.54, 1.807) is 12.1 Å². The molecule has 0 aliphatic heterocycles. The van der Waals surface area contributed by atoms with Gasteiger partial charge in [-0.1, -0.05) is 37.3 Å². The lowest BCUT2D eigenvalue weighted by molar-refractivity contribution is -0.123. The molecule has 5 nitrogen and oxygen atoms in total. The lowest BCUT2D eigenvalue weighted by atomic mass is 10.0. The minimum absolute atomic E-state index is 0.0567. The van der Waals surface area contributed by atoms with Gasteiger partial charge in [0.05, 0.1) is 6.26 Å². The fourth-order valence-corrected chi connectivity index (χ4v) is 2.14. The number of furan rings is 1. The fraction of sp³-hybridized carbons (Fsp3) is 0.333. The first-order chi connectivity index (χ1) is 11.1. The molecule has 2 amide bonds. The minimum atomic E-state index is -0.649. The molecule has 0 fully saturated rings. The zero-order valence-corrected chi connectivity index (χ0v) is 13.4. The number of amides is 2. The number of carbonyl (C=O) groups excluding carboxylic acids is 2. The standard InChI is InChI=1S/C18H22N2O3/c1-3-13(2)19-17(21)15(12-14-8-5-4-6-9-14)20-18(22)16-10-7-11-23-16/h4-11,13,15H,3,12H2,1-2H3,(H,19,21)(H,20,22). The summed E-state index contributed by atoms with van der Waals surface area (Å²) in [5.41, 5.74) is 0.983. The molecule has 0 saturated carbocycles. The van der Waals surface area contributed by atoms with Gasteiger partial charge in [-0.15, -0.1) is 0 Å². The van der Waals surface area contributed by atoms with Gasteiger partial charge in [0.15, 0.2) is 5.76 Å². The molecule has 122 valence electrons. The van der Waals surface area contributed by atoms with Crippen LogP contribution < -0.4 is 10.6 Å². The molecule has 1 heterocycles. The molecule has 2 N–H and O–H groups in total. The second kappa shape index (κ2) is 8.17. The monoisotopic (exact) mass is 314 g/mol. The van der Waals surface area contributed by atoms with Crippen molar-refractivity contribution in [2.24, 2.45) is 0 Å². The molecule has 0 radical (unpaired) electrons. The molecule has 2 unspecified atom stereocenters. The molecule has 0 bridgehead atoms. The van der Waals surface area contributed by atoms with Gasteiger partial charge in [0, 0.05) is 12.5 Å². The number of benzene rings is 1. The van der Waals surface area contributed by atoms with E-state index >= 15 is 0 Å². The molecule has 0 aliphatic carbocycles. The van der Waals surface area contributed by atoms with E-state index in [2.05, 4.69) is 10.6 Å². The van der Waals surface area contributed by atoms with Gasteiger partial charge in [0.2, 0.25) is 5.91 Å². The number of nitrogens with one attached hydrogen (secondary N) is 2. The van der Waals surface area contributed by atoms with Crippen LogP contribution >= 0.6 is 0 Å². The molecule has 1 aromatic heterocycles. The van der Waals surface area contributed by atoms with E-state index in [-0.39, 0.29) is 17.7 Å². The molecule has 0 aliphatic rings. The summed E-state index contributed by atoms with van der Waals surface area (Å²) in [5, 5.41) is 5.67. The second-order valence-electron chi connectivity index (χ2n) is 5.51. The highest BCUT2D eigenvalue weighted by Gasteiger charge is 2.23. The largest absolute Gasteiger partial charge is 0.459 e. The summed E-state index contributed by atoms with van der Waals surface area (Å²) in [6.07, 6.45) is 2.69. The highest BCUT2D eigenvalue weighted by Crippen LogP contribution is 2.06. The molecule has 0 spiro atoms. The topological polar surface area (TPSA) is 71.3 Å². The predicted molar refractivity (Wildman–Crippen MR) is 88.0 cm³/mol. The van der Waals surface area contributed by atoms with Crippen LogP contribution in [0.1, 0.15) is 36.4 Å². The van der Waals surface area contributed by atoms with Gasteiger partial charge in [-0.2, -0.15) is 0 Å². The van der Waals surface area contributed by atoms with Crippen molar-refractivity contribution in [3.8, 4) is 0 Å². The van der Waals surface area contributed by atoms with Crippen LogP contribution in [0, 0.1) is 0 Å². The van der Waals surface area contributed by atoms with Crippen molar-refractivity contribution in [1.82, 2.24) is 10.6 Å². The predicted octanol–water partition coefficient (Wildman–Crippen LogP) is 2.54. The van der Waals surface area contributed by atoms with Gasteiger partial charge in [-0.05, 0) is 31.0 Å². The van der Waals surface area contributed by atoms with Crippen LogP contribution in [0.15, 0.2) is 53.1 Å². The highest BCUT2D eigenvalue weighted by molar-refractivity contribution is 5.95. The molecular weight excluding hydrogens is 292 g/mol. The molecule has 5 heteroatoms. The Hall–Kier alpha value is -2.56. The third-order valence-corrected chi connectivity index (χ3v) is 3.65. The lowest BCUT2D eigenvalue weighted by Crippen LogP contribution is -2.50. The number of hydrogen-bond donors (Lipinski definition) is 2. The Labute approximate surface area is 136 Å². The van der Waals surface area contributed by atoms with E-state index in [1.807, 2.05) is 44.2 Å². The van der Waals surface area contributed by atoms with E-state index in [9.17, 15) is 9.59 Å². The molecule has 2 aromatic rings. The van der Waals surface area contributed by atoms with Gasteiger partial charge >= 0.3 is 0 Å². The van der Waals surface area contributed by atoms with Crippen LogP contribution in [0.3, 0.4) is 0 Å². The Bertz CT molecular complexity index is 623. The summed E-state index contributed by atoms with van der Waals surface area (Å²) in [4.78, 5) is 24.6. The van der Waals surface area contributed by atoms with Crippen molar-refractivity contribution in [1.29, 1.82) is 0 Å². The quantitative estimate of drug-likeness (QED) is 0.825. The fourth-order valence-electron chi connectivity index (χ4n) is 2.14. The number of rotatable bonds is 7. The van der Waals surface area contributed by atoms with Crippen LogP contribution in [0.5, 0.6) is 0 Å². The summed E-state index contributed by atoms with van der Waals surface area (Å²) in [7, 11) is 0. The Morgan fingerprint density at radius 1 is 1.09 bits per heavy atom. The average Bonchev–Trinajstić information content (AvgIpc) is 3.09. The maximum atomic E-state index is 12.5. The summed E-state index contributed by atoms with van der Waals surface area (Å²) in [6.45, 7) is 3.93.